The fraction of sp³-hybridized carbons (Fsp3) is 0. The summed E-state index contributed by atoms with van der Waals surface area (Å²) in [6.07, 6.45) is 1.42. The molecule has 6 heteroatoms. The van der Waals surface area contributed by atoms with Gasteiger partial charge in [0, 0.05) is 11.8 Å². The Morgan fingerprint density at radius 2 is 2.00 bits per heavy atom. The summed E-state index contributed by atoms with van der Waals surface area (Å²) in [5.74, 6) is -1.49. The topological polar surface area (TPSA) is 103 Å². The number of primary amides is 1. The van der Waals surface area contributed by atoms with Crippen molar-refractivity contribution in [1.82, 2.24) is 4.98 Å². The summed E-state index contributed by atoms with van der Waals surface area (Å²) in [5, 5.41) is 8.99. The largest absolute Gasteiger partial charge is 0.477 e. The minimum atomic E-state index is -1.14. The van der Waals surface area contributed by atoms with Gasteiger partial charge in [0.05, 0.1) is 0 Å². The number of hydrogen-bond donors (Lipinski definition) is 2. The second-order valence-electron chi connectivity index (χ2n) is 3.66. The Morgan fingerprint density at radius 1 is 1.21 bits per heavy atom. The molecule has 2 aromatic rings. The molecule has 0 saturated heterocycles. The molecule has 0 radical (unpaired) electrons. The first-order valence-corrected chi connectivity index (χ1v) is 5.34. The number of nitrogens with zero attached hydrogens (tertiary/aromatic N) is 1. The average Bonchev–Trinajstić information content (AvgIpc) is 2.39. The van der Waals surface area contributed by atoms with Crippen molar-refractivity contribution in [3.8, 4) is 11.6 Å². The molecule has 3 N–H and O–H groups in total. The third-order valence-corrected chi connectivity index (χ3v) is 2.33. The van der Waals surface area contributed by atoms with E-state index in [9.17, 15) is 9.59 Å². The number of pyridine rings is 1. The van der Waals surface area contributed by atoms with Gasteiger partial charge in [-0.2, -0.15) is 0 Å². The third kappa shape index (κ3) is 2.86. The highest BCUT2D eigenvalue weighted by Gasteiger charge is 2.13. The van der Waals surface area contributed by atoms with Crippen molar-refractivity contribution >= 4 is 11.9 Å². The van der Waals surface area contributed by atoms with Crippen LogP contribution in [0.5, 0.6) is 11.6 Å². The molecular weight excluding hydrogens is 248 g/mol. The van der Waals surface area contributed by atoms with Crippen LogP contribution in [-0.4, -0.2) is 22.0 Å². The minimum absolute atomic E-state index is 0.0448. The van der Waals surface area contributed by atoms with E-state index in [2.05, 4.69) is 4.98 Å². The molecule has 0 fully saturated rings. The molecule has 0 aliphatic rings. The van der Waals surface area contributed by atoms with Crippen LogP contribution in [0.2, 0.25) is 0 Å². The van der Waals surface area contributed by atoms with Gasteiger partial charge in [-0.05, 0) is 30.3 Å². The molecular formula is C13H10N2O4. The first-order chi connectivity index (χ1) is 9.08. The van der Waals surface area contributed by atoms with Gasteiger partial charge in [-0.15, -0.1) is 0 Å². The lowest BCUT2D eigenvalue weighted by Crippen LogP contribution is -2.10. The molecule has 0 aliphatic carbocycles. The summed E-state index contributed by atoms with van der Waals surface area (Å²) >= 11 is 0. The zero-order chi connectivity index (χ0) is 13.8. The minimum Gasteiger partial charge on any atom is -0.477 e. The van der Waals surface area contributed by atoms with Gasteiger partial charge in [0.1, 0.15) is 11.3 Å². The molecule has 0 aliphatic heterocycles. The number of carbonyl (C=O) groups excluding carboxylic acids is 1. The van der Waals surface area contributed by atoms with Crippen LogP contribution in [-0.2, 0) is 0 Å². The standard InChI is InChI=1S/C13H10N2O4/c14-11(16)8-3-1-4-9(7-8)19-12-10(13(17)18)5-2-6-15-12/h1-7H,(H2,14,16)(H,17,18). The number of ether oxygens (including phenoxy) is 1. The molecule has 0 spiro atoms. The number of carboxylic acids is 1. The highest BCUT2D eigenvalue weighted by molar-refractivity contribution is 5.93. The smallest absolute Gasteiger partial charge is 0.341 e. The molecule has 0 bridgehead atoms. The molecule has 1 aromatic heterocycles. The number of carboxylic acid groups (broad SMARTS) is 1. The van der Waals surface area contributed by atoms with Gasteiger partial charge >= 0.3 is 5.97 Å². The molecule has 1 amide bonds. The Hall–Kier alpha value is -2.89. The fourth-order valence-electron chi connectivity index (χ4n) is 1.46. The Morgan fingerprint density at radius 3 is 2.68 bits per heavy atom. The van der Waals surface area contributed by atoms with E-state index >= 15 is 0 Å². The van der Waals surface area contributed by atoms with Gasteiger partial charge in [0.25, 0.3) is 0 Å². The van der Waals surface area contributed by atoms with Crippen molar-refractivity contribution in [2.24, 2.45) is 5.73 Å². The molecule has 1 heterocycles. The second-order valence-corrected chi connectivity index (χ2v) is 3.66. The Balaban J connectivity index is 2.34. The van der Waals surface area contributed by atoms with Gasteiger partial charge in [-0.1, -0.05) is 6.07 Å². The lowest BCUT2D eigenvalue weighted by atomic mass is 10.2. The van der Waals surface area contributed by atoms with Gasteiger partial charge in [0.15, 0.2) is 0 Å². The van der Waals surface area contributed by atoms with Crippen LogP contribution >= 0.6 is 0 Å². The predicted octanol–water partition coefficient (Wildman–Crippen LogP) is 1.67. The summed E-state index contributed by atoms with van der Waals surface area (Å²) in [6.45, 7) is 0. The van der Waals surface area contributed by atoms with Crippen LogP contribution in [0.4, 0.5) is 0 Å². The number of amides is 1. The molecule has 0 atom stereocenters. The van der Waals surface area contributed by atoms with Crippen LogP contribution in [0.25, 0.3) is 0 Å². The number of hydrogen-bond acceptors (Lipinski definition) is 4. The molecule has 1 aromatic carbocycles. The molecule has 0 saturated carbocycles. The third-order valence-electron chi connectivity index (χ3n) is 2.33. The molecule has 96 valence electrons. The maximum Gasteiger partial charge on any atom is 0.341 e. The summed E-state index contributed by atoms with van der Waals surface area (Å²) in [6, 6.07) is 8.98. The van der Waals surface area contributed by atoms with Crippen molar-refractivity contribution in [3.63, 3.8) is 0 Å². The normalized spacial score (nSPS) is 9.89. The Bertz CT molecular complexity index is 640. The van der Waals surface area contributed by atoms with E-state index in [4.69, 9.17) is 15.6 Å². The van der Waals surface area contributed by atoms with E-state index in [1.165, 1.54) is 30.5 Å². The number of benzene rings is 1. The van der Waals surface area contributed by atoms with Gasteiger partial charge in [-0.3, -0.25) is 4.79 Å². The zero-order valence-electron chi connectivity index (χ0n) is 9.74. The number of nitrogens with two attached hydrogens (primary N) is 1. The fourth-order valence-corrected chi connectivity index (χ4v) is 1.46. The van der Waals surface area contributed by atoms with Gasteiger partial charge < -0.3 is 15.6 Å². The molecule has 0 unspecified atom stereocenters. The predicted molar refractivity (Wildman–Crippen MR) is 66.2 cm³/mol. The maximum absolute atomic E-state index is 11.0. The van der Waals surface area contributed by atoms with Crippen LogP contribution in [0, 0.1) is 0 Å². The second kappa shape index (κ2) is 5.18. The summed E-state index contributed by atoms with van der Waals surface area (Å²) in [5.41, 5.74) is 5.36. The van der Waals surface area contributed by atoms with E-state index in [0.29, 0.717) is 0 Å². The highest BCUT2D eigenvalue weighted by Crippen LogP contribution is 2.23. The van der Waals surface area contributed by atoms with Crippen molar-refractivity contribution in [1.29, 1.82) is 0 Å². The van der Waals surface area contributed by atoms with Gasteiger partial charge in [0.2, 0.25) is 11.8 Å². The first kappa shape index (κ1) is 12.6. The van der Waals surface area contributed by atoms with Crippen molar-refractivity contribution in [3.05, 3.63) is 53.7 Å². The lowest BCUT2D eigenvalue weighted by Gasteiger charge is -2.07. The number of carbonyl (C=O) groups is 2. The van der Waals surface area contributed by atoms with Crippen LogP contribution < -0.4 is 10.5 Å². The highest BCUT2D eigenvalue weighted by atomic mass is 16.5. The van der Waals surface area contributed by atoms with E-state index in [1.54, 1.807) is 12.1 Å². The van der Waals surface area contributed by atoms with Crippen LogP contribution in [0.1, 0.15) is 20.7 Å². The lowest BCUT2D eigenvalue weighted by molar-refractivity contribution is 0.0693. The summed E-state index contributed by atoms with van der Waals surface area (Å²) in [7, 11) is 0. The zero-order valence-corrected chi connectivity index (χ0v) is 9.74. The Kier molecular flexibility index (Phi) is 3.42. The number of rotatable bonds is 4. The molecule has 2 rings (SSSR count). The van der Waals surface area contributed by atoms with Gasteiger partial charge in [-0.25, -0.2) is 9.78 Å². The maximum atomic E-state index is 11.0. The summed E-state index contributed by atoms with van der Waals surface area (Å²) in [4.78, 5) is 25.9. The van der Waals surface area contributed by atoms with E-state index in [1.807, 2.05) is 0 Å². The van der Waals surface area contributed by atoms with E-state index < -0.39 is 11.9 Å². The summed E-state index contributed by atoms with van der Waals surface area (Å²) < 4.78 is 5.36. The quantitative estimate of drug-likeness (QED) is 0.868. The van der Waals surface area contributed by atoms with Crippen molar-refractivity contribution in [2.75, 3.05) is 0 Å². The Labute approximate surface area is 108 Å². The van der Waals surface area contributed by atoms with Crippen LogP contribution in [0.15, 0.2) is 42.6 Å². The van der Waals surface area contributed by atoms with E-state index in [-0.39, 0.29) is 22.8 Å². The van der Waals surface area contributed by atoms with E-state index in [0.717, 1.165) is 0 Å². The van der Waals surface area contributed by atoms with Crippen LogP contribution in [0.3, 0.4) is 0 Å². The number of aromatic carboxylic acids is 1. The van der Waals surface area contributed by atoms with Crippen molar-refractivity contribution < 1.29 is 19.4 Å². The molecule has 6 nitrogen and oxygen atoms in total. The number of aromatic nitrogens is 1. The first-order valence-electron chi connectivity index (χ1n) is 5.34. The van der Waals surface area contributed by atoms with Crippen molar-refractivity contribution in [2.45, 2.75) is 0 Å². The SMILES string of the molecule is NC(=O)c1cccc(Oc2ncccc2C(=O)O)c1. The monoisotopic (exact) mass is 258 g/mol. The molecule has 19 heavy (non-hydrogen) atoms. The average molecular weight is 258 g/mol.